The summed E-state index contributed by atoms with van der Waals surface area (Å²) in [5, 5.41) is 22.4. The number of hydrogen-bond donors (Lipinski definition) is 2. The molecule has 0 saturated heterocycles. The van der Waals surface area contributed by atoms with Crippen molar-refractivity contribution < 1.29 is 19.4 Å². The molecule has 2 N–H and O–H groups in total. The van der Waals surface area contributed by atoms with E-state index in [0.29, 0.717) is 23.3 Å². The third-order valence-electron chi connectivity index (χ3n) is 6.50. The van der Waals surface area contributed by atoms with Gasteiger partial charge in [0.15, 0.2) is 0 Å². The van der Waals surface area contributed by atoms with E-state index in [1.165, 1.54) is 0 Å². The lowest BCUT2D eigenvalue weighted by Crippen LogP contribution is -2.43. The molecule has 0 bridgehead atoms. The molecule has 0 radical (unpaired) electrons. The van der Waals surface area contributed by atoms with Crippen LogP contribution in [0.25, 0.3) is 17.2 Å². The van der Waals surface area contributed by atoms with E-state index < -0.39 is 17.9 Å². The monoisotopic (exact) mass is 530 g/mol. The number of nitrogens with one attached hydrogen (secondary N) is 1. The zero-order chi connectivity index (χ0) is 28.3. The van der Waals surface area contributed by atoms with Gasteiger partial charge in [0.2, 0.25) is 0 Å². The lowest BCUT2D eigenvalue weighted by Gasteiger charge is -2.23. The van der Waals surface area contributed by atoms with Crippen LogP contribution in [-0.4, -0.2) is 29.6 Å². The number of benzene rings is 4. The predicted octanol–water partition coefficient (Wildman–Crippen LogP) is 6.38. The van der Waals surface area contributed by atoms with Crippen molar-refractivity contribution in [2.24, 2.45) is 5.92 Å². The third kappa shape index (κ3) is 7.46. The van der Waals surface area contributed by atoms with E-state index in [9.17, 15) is 20.0 Å². The fraction of sp³-hybridized carbons (Fsp3) is 0.147. The summed E-state index contributed by atoms with van der Waals surface area (Å²) in [5.74, 6) is -1.58. The maximum atomic E-state index is 13.3. The van der Waals surface area contributed by atoms with Crippen molar-refractivity contribution in [3.05, 3.63) is 131 Å². The van der Waals surface area contributed by atoms with E-state index in [4.69, 9.17) is 4.74 Å². The highest BCUT2D eigenvalue weighted by atomic mass is 16.5. The highest BCUT2D eigenvalue weighted by molar-refractivity contribution is 5.95. The Morgan fingerprint density at radius 2 is 1.60 bits per heavy atom. The summed E-state index contributed by atoms with van der Waals surface area (Å²) in [6.45, 7) is 2.53. The SMILES string of the molecule is CCOc1ccc(-c2ccc(C(=O)N[C@H](/C=C/c3ccccc3)[C@@H](Cc3cccc(C#N)c3)C(=O)O)cc2)cc1. The van der Waals surface area contributed by atoms with Crippen LogP contribution in [0.4, 0.5) is 0 Å². The fourth-order valence-electron chi connectivity index (χ4n) is 4.41. The third-order valence-corrected chi connectivity index (χ3v) is 6.50. The van der Waals surface area contributed by atoms with Crippen LogP contribution < -0.4 is 10.1 Å². The number of aliphatic carboxylic acids is 1. The van der Waals surface area contributed by atoms with Gasteiger partial charge in [-0.05, 0) is 72.0 Å². The molecule has 0 fully saturated rings. The van der Waals surface area contributed by atoms with Gasteiger partial charge in [-0.25, -0.2) is 0 Å². The van der Waals surface area contributed by atoms with Gasteiger partial charge in [0.25, 0.3) is 5.91 Å². The van der Waals surface area contributed by atoms with Crippen molar-refractivity contribution in [1.29, 1.82) is 5.26 Å². The minimum Gasteiger partial charge on any atom is -0.494 e. The maximum Gasteiger partial charge on any atom is 0.309 e. The number of carbonyl (C=O) groups is 2. The van der Waals surface area contributed by atoms with Crippen LogP contribution in [0.15, 0.2) is 109 Å². The van der Waals surface area contributed by atoms with E-state index in [-0.39, 0.29) is 12.3 Å². The molecule has 0 aliphatic rings. The molecule has 0 saturated carbocycles. The van der Waals surface area contributed by atoms with Gasteiger partial charge in [0.1, 0.15) is 5.75 Å². The van der Waals surface area contributed by atoms with Crippen LogP contribution in [0.1, 0.15) is 34.0 Å². The van der Waals surface area contributed by atoms with Gasteiger partial charge in [-0.3, -0.25) is 9.59 Å². The zero-order valence-electron chi connectivity index (χ0n) is 22.2. The highest BCUT2D eigenvalue weighted by Crippen LogP contribution is 2.23. The Balaban J connectivity index is 1.57. The summed E-state index contributed by atoms with van der Waals surface area (Å²) in [7, 11) is 0. The van der Waals surface area contributed by atoms with Gasteiger partial charge in [-0.15, -0.1) is 0 Å². The molecule has 6 nitrogen and oxygen atoms in total. The largest absolute Gasteiger partial charge is 0.494 e. The maximum absolute atomic E-state index is 13.3. The molecule has 6 heteroatoms. The topological polar surface area (TPSA) is 99.4 Å². The van der Waals surface area contributed by atoms with Crippen LogP contribution in [0.3, 0.4) is 0 Å². The second kappa shape index (κ2) is 13.6. The minimum absolute atomic E-state index is 0.144. The molecule has 200 valence electrons. The molecule has 4 rings (SSSR count). The van der Waals surface area contributed by atoms with Crippen LogP contribution >= 0.6 is 0 Å². The lowest BCUT2D eigenvalue weighted by molar-refractivity contribution is -0.142. The van der Waals surface area contributed by atoms with E-state index in [1.807, 2.05) is 79.7 Å². The van der Waals surface area contributed by atoms with Crippen LogP contribution in [0.2, 0.25) is 0 Å². The smallest absolute Gasteiger partial charge is 0.309 e. The number of rotatable bonds is 11. The first-order valence-electron chi connectivity index (χ1n) is 13.1. The molecule has 0 aliphatic heterocycles. The normalized spacial score (nSPS) is 12.3. The number of carbonyl (C=O) groups excluding carboxylic acids is 1. The van der Waals surface area contributed by atoms with Crippen molar-refractivity contribution in [2.45, 2.75) is 19.4 Å². The second-order valence-electron chi connectivity index (χ2n) is 9.26. The molecule has 0 aromatic heterocycles. The molecule has 1 amide bonds. The zero-order valence-corrected chi connectivity index (χ0v) is 22.2. The van der Waals surface area contributed by atoms with Crippen molar-refractivity contribution in [2.75, 3.05) is 6.61 Å². The van der Waals surface area contributed by atoms with Crippen LogP contribution in [-0.2, 0) is 11.2 Å². The molecule has 0 heterocycles. The molecular weight excluding hydrogens is 500 g/mol. The van der Waals surface area contributed by atoms with Crippen molar-refractivity contribution in [1.82, 2.24) is 5.32 Å². The quantitative estimate of drug-likeness (QED) is 0.234. The van der Waals surface area contributed by atoms with Gasteiger partial charge in [-0.1, -0.05) is 78.9 Å². The number of nitriles is 1. The number of nitrogens with zero attached hydrogens (tertiary/aromatic N) is 1. The minimum atomic E-state index is -1.05. The van der Waals surface area contributed by atoms with E-state index >= 15 is 0 Å². The van der Waals surface area contributed by atoms with Gasteiger partial charge in [0.05, 0.1) is 30.2 Å². The Kier molecular flexibility index (Phi) is 9.47. The molecular formula is C34H30N2O4. The van der Waals surface area contributed by atoms with E-state index in [1.54, 1.807) is 42.5 Å². The second-order valence-corrected chi connectivity index (χ2v) is 9.26. The number of carboxylic acids is 1. The summed E-state index contributed by atoms with van der Waals surface area (Å²) in [4.78, 5) is 25.7. The Bertz CT molecular complexity index is 1500. The predicted molar refractivity (Wildman–Crippen MR) is 156 cm³/mol. The number of ether oxygens (including phenoxy) is 1. The van der Waals surface area contributed by atoms with Gasteiger partial charge < -0.3 is 15.2 Å². The Morgan fingerprint density at radius 1 is 0.925 bits per heavy atom. The van der Waals surface area contributed by atoms with E-state index in [2.05, 4.69) is 11.4 Å². The van der Waals surface area contributed by atoms with Crippen LogP contribution in [0.5, 0.6) is 5.75 Å². The lowest BCUT2D eigenvalue weighted by atomic mass is 9.90. The van der Waals surface area contributed by atoms with Crippen molar-refractivity contribution in [3.8, 4) is 22.9 Å². The molecule has 4 aromatic carbocycles. The van der Waals surface area contributed by atoms with Crippen molar-refractivity contribution in [3.63, 3.8) is 0 Å². The molecule has 0 spiro atoms. The first-order chi connectivity index (χ1) is 19.5. The molecule has 40 heavy (non-hydrogen) atoms. The van der Waals surface area contributed by atoms with Crippen LogP contribution in [0, 0.1) is 17.2 Å². The average Bonchev–Trinajstić information content (AvgIpc) is 2.99. The standard InChI is InChI=1S/C34H30N2O4/c1-2-40-30-18-16-28(17-19-30)27-12-14-29(15-13-27)33(37)36-32(20-11-24-7-4-3-5-8-24)31(34(38)39)22-25-9-6-10-26(21-25)23-35/h3-21,31-32H,2,22H2,1H3,(H,36,37)(H,38,39)/b20-11+/t31-,32-/m1/s1. The van der Waals surface area contributed by atoms with E-state index in [0.717, 1.165) is 22.4 Å². The van der Waals surface area contributed by atoms with Crippen molar-refractivity contribution >= 4 is 18.0 Å². The molecule has 0 unspecified atom stereocenters. The Hall–Kier alpha value is -5.15. The molecule has 0 aliphatic carbocycles. The summed E-state index contributed by atoms with van der Waals surface area (Å²) in [6, 6.07) is 32.5. The molecule has 4 aromatic rings. The first kappa shape index (κ1) is 27.9. The van der Waals surface area contributed by atoms with Gasteiger partial charge in [-0.2, -0.15) is 5.26 Å². The number of carboxylic acid groups (broad SMARTS) is 1. The summed E-state index contributed by atoms with van der Waals surface area (Å²) in [5.41, 5.74) is 4.40. The fourth-order valence-corrected chi connectivity index (χ4v) is 4.41. The molecule has 2 atom stereocenters. The average molecular weight is 531 g/mol. The summed E-state index contributed by atoms with van der Waals surface area (Å²) in [6.07, 6.45) is 3.67. The number of amides is 1. The Labute approximate surface area is 234 Å². The first-order valence-corrected chi connectivity index (χ1v) is 13.1. The van der Waals surface area contributed by atoms with Gasteiger partial charge >= 0.3 is 5.97 Å². The van der Waals surface area contributed by atoms with Gasteiger partial charge in [0, 0.05) is 5.56 Å². The number of hydrogen-bond acceptors (Lipinski definition) is 4. The summed E-state index contributed by atoms with van der Waals surface area (Å²) >= 11 is 0. The Morgan fingerprint density at radius 3 is 2.23 bits per heavy atom. The highest BCUT2D eigenvalue weighted by Gasteiger charge is 2.28. The summed E-state index contributed by atoms with van der Waals surface area (Å²) < 4.78 is 5.50.